The van der Waals surface area contributed by atoms with E-state index >= 15 is 0 Å². The number of hydrogen-bond donors (Lipinski definition) is 0. The van der Waals surface area contributed by atoms with Crippen LogP contribution in [0, 0.1) is 11.3 Å². The van der Waals surface area contributed by atoms with E-state index in [4.69, 9.17) is 16.9 Å². The summed E-state index contributed by atoms with van der Waals surface area (Å²) in [4.78, 5) is 4.48. The Morgan fingerprint density at radius 1 is 1.30 bits per heavy atom. The number of aromatic nitrogens is 4. The quantitative estimate of drug-likeness (QED) is 0.693. The SMILES string of the molecule is N#Cc1ccc2nc(CCl)n(Cc3cccnn3)c2c1. The highest BCUT2D eigenvalue weighted by atomic mass is 35.5. The third kappa shape index (κ3) is 2.22. The number of rotatable bonds is 3. The monoisotopic (exact) mass is 283 g/mol. The maximum atomic E-state index is 9.01. The molecule has 0 unspecified atom stereocenters. The molecule has 0 atom stereocenters. The van der Waals surface area contributed by atoms with Gasteiger partial charge in [0.1, 0.15) is 5.82 Å². The summed E-state index contributed by atoms with van der Waals surface area (Å²) in [5, 5.41) is 17.0. The number of nitriles is 1. The van der Waals surface area contributed by atoms with Crippen LogP contribution < -0.4 is 0 Å². The summed E-state index contributed by atoms with van der Waals surface area (Å²) in [5.41, 5.74) is 3.12. The predicted molar refractivity (Wildman–Crippen MR) is 75.1 cm³/mol. The minimum Gasteiger partial charge on any atom is -0.321 e. The van der Waals surface area contributed by atoms with E-state index in [9.17, 15) is 0 Å². The van der Waals surface area contributed by atoms with Crippen molar-refractivity contribution >= 4 is 22.6 Å². The molecule has 3 rings (SSSR count). The molecule has 0 saturated heterocycles. The highest BCUT2D eigenvalue weighted by Crippen LogP contribution is 2.20. The second-order valence-corrected chi connectivity index (χ2v) is 4.55. The third-order valence-electron chi connectivity index (χ3n) is 3.02. The molecule has 0 N–H and O–H groups in total. The molecule has 5 nitrogen and oxygen atoms in total. The van der Waals surface area contributed by atoms with Crippen molar-refractivity contribution in [3.63, 3.8) is 0 Å². The summed E-state index contributed by atoms with van der Waals surface area (Å²) in [6.07, 6.45) is 1.63. The first-order chi connectivity index (χ1) is 9.81. The Hall–Kier alpha value is -2.45. The van der Waals surface area contributed by atoms with Crippen molar-refractivity contribution < 1.29 is 0 Å². The molecule has 0 aliphatic rings. The Labute approximate surface area is 120 Å². The van der Waals surface area contributed by atoms with E-state index in [1.54, 1.807) is 12.3 Å². The van der Waals surface area contributed by atoms with Gasteiger partial charge in [0, 0.05) is 6.20 Å². The van der Waals surface area contributed by atoms with Crippen molar-refractivity contribution in [2.24, 2.45) is 0 Å². The normalized spacial score (nSPS) is 10.6. The molecule has 0 spiro atoms. The molecule has 0 bridgehead atoms. The summed E-state index contributed by atoms with van der Waals surface area (Å²) < 4.78 is 1.97. The molecule has 2 aromatic heterocycles. The highest BCUT2D eigenvalue weighted by Gasteiger charge is 2.11. The molecular formula is C14H10ClN5. The van der Waals surface area contributed by atoms with Crippen LogP contribution in [0.5, 0.6) is 0 Å². The summed E-state index contributed by atoms with van der Waals surface area (Å²) in [7, 11) is 0. The van der Waals surface area contributed by atoms with E-state index in [-0.39, 0.29) is 0 Å². The molecule has 20 heavy (non-hydrogen) atoms. The summed E-state index contributed by atoms with van der Waals surface area (Å²) in [5.74, 6) is 1.05. The number of imidazole rings is 1. The van der Waals surface area contributed by atoms with Gasteiger partial charge in [0.2, 0.25) is 0 Å². The van der Waals surface area contributed by atoms with E-state index in [2.05, 4.69) is 21.3 Å². The van der Waals surface area contributed by atoms with Crippen LogP contribution in [0.3, 0.4) is 0 Å². The lowest BCUT2D eigenvalue weighted by molar-refractivity contribution is 0.740. The number of hydrogen-bond acceptors (Lipinski definition) is 4. The molecule has 0 amide bonds. The second kappa shape index (κ2) is 5.27. The van der Waals surface area contributed by atoms with Crippen LogP contribution in [-0.4, -0.2) is 19.7 Å². The second-order valence-electron chi connectivity index (χ2n) is 4.28. The summed E-state index contributed by atoms with van der Waals surface area (Å²) in [6.45, 7) is 0.529. The molecule has 0 fully saturated rings. The van der Waals surface area contributed by atoms with Crippen molar-refractivity contribution in [1.82, 2.24) is 19.7 Å². The number of benzene rings is 1. The first-order valence-corrected chi connectivity index (χ1v) is 6.57. The van der Waals surface area contributed by atoms with Gasteiger partial charge in [-0.15, -0.1) is 11.6 Å². The summed E-state index contributed by atoms with van der Waals surface area (Å²) >= 11 is 5.96. The van der Waals surface area contributed by atoms with Gasteiger partial charge in [0.15, 0.2) is 0 Å². The molecule has 0 aliphatic carbocycles. The van der Waals surface area contributed by atoms with Crippen molar-refractivity contribution in [3.8, 4) is 6.07 Å². The smallest absolute Gasteiger partial charge is 0.125 e. The van der Waals surface area contributed by atoms with E-state index in [1.807, 2.05) is 28.8 Å². The Morgan fingerprint density at radius 2 is 2.20 bits per heavy atom. The van der Waals surface area contributed by atoms with Crippen molar-refractivity contribution in [2.45, 2.75) is 12.4 Å². The molecule has 1 aromatic carbocycles. The third-order valence-corrected chi connectivity index (χ3v) is 3.26. The molecule has 98 valence electrons. The minimum atomic E-state index is 0.302. The van der Waals surface area contributed by atoms with Crippen molar-refractivity contribution in [1.29, 1.82) is 5.26 Å². The lowest BCUT2D eigenvalue weighted by atomic mass is 10.2. The first kappa shape index (κ1) is 12.6. The molecule has 0 aliphatic heterocycles. The fourth-order valence-electron chi connectivity index (χ4n) is 2.10. The van der Waals surface area contributed by atoms with E-state index < -0.39 is 0 Å². The van der Waals surface area contributed by atoms with Crippen LogP contribution in [-0.2, 0) is 12.4 Å². The van der Waals surface area contributed by atoms with Gasteiger partial charge in [-0.2, -0.15) is 15.5 Å². The molecule has 3 aromatic rings. The highest BCUT2D eigenvalue weighted by molar-refractivity contribution is 6.16. The molecule has 0 radical (unpaired) electrons. The van der Waals surface area contributed by atoms with E-state index in [0.29, 0.717) is 18.0 Å². The molecular weight excluding hydrogens is 274 g/mol. The maximum Gasteiger partial charge on any atom is 0.125 e. The molecule has 0 saturated carbocycles. The minimum absolute atomic E-state index is 0.302. The van der Waals surface area contributed by atoms with Gasteiger partial charge in [-0.05, 0) is 30.3 Å². The van der Waals surface area contributed by atoms with Gasteiger partial charge in [-0.1, -0.05) is 0 Å². The van der Waals surface area contributed by atoms with Crippen LogP contribution >= 0.6 is 11.6 Å². The topological polar surface area (TPSA) is 67.4 Å². The maximum absolute atomic E-state index is 9.01. The number of halogens is 1. The Balaban J connectivity index is 2.14. The van der Waals surface area contributed by atoms with Crippen molar-refractivity contribution in [3.05, 3.63) is 53.6 Å². The van der Waals surface area contributed by atoms with Crippen LogP contribution in [0.1, 0.15) is 17.1 Å². The predicted octanol–water partition coefficient (Wildman–Crippen LogP) is 2.49. The average Bonchev–Trinajstić information content (AvgIpc) is 2.85. The molecule has 6 heteroatoms. The van der Waals surface area contributed by atoms with Gasteiger partial charge < -0.3 is 4.57 Å². The zero-order valence-electron chi connectivity index (χ0n) is 10.5. The Kier molecular flexibility index (Phi) is 3.32. The van der Waals surface area contributed by atoms with Crippen LogP contribution in [0.25, 0.3) is 11.0 Å². The fourth-order valence-corrected chi connectivity index (χ4v) is 2.30. The summed E-state index contributed by atoms with van der Waals surface area (Å²) in [6, 6.07) is 11.3. The van der Waals surface area contributed by atoms with E-state index in [0.717, 1.165) is 22.6 Å². The van der Waals surface area contributed by atoms with Gasteiger partial charge in [-0.3, -0.25) is 0 Å². The lowest BCUT2D eigenvalue weighted by Crippen LogP contribution is -2.06. The van der Waals surface area contributed by atoms with Gasteiger partial charge in [0.25, 0.3) is 0 Å². The largest absolute Gasteiger partial charge is 0.321 e. The Bertz CT molecular complexity index is 788. The van der Waals surface area contributed by atoms with Crippen LogP contribution in [0.4, 0.5) is 0 Å². The lowest BCUT2D eigenvalue weighted by Gasteiger charge is -2.06. The standard InChI is InChI=1S/C14H10ClN5/c15-7-14-18-12-4-3-10(8-16)6-13(12)20(14)9-11-2-1-5-17-19-11/h1-6H,7,9H2. The van der Waals surface area contributed by atoms with E-state index in [1.165, 1.54) is 0 Å². The van der Waals surface area contributed by atoms with Gasteiger partial charge in [0.05, 0.1) is 40.8 Å². The zero-order valence-corrected chi connectivity index (χ0v) is 11.2. The number of nitrogens with zero attached hydrogens (tertiary/aromatic N) is 5. The first-order valence-electron chi connectivity index (χ1n) is 6.03. The Morgan fingerprint density at radius 3 is 2.90 bits per heavy atom. The average molecular weight is 284 g/mol. The van der Waals surface area contributed by atoms with Crippen molar-refractivity contribution in [2.75, 3.05) is 0 Å². The fraction of sp³-hybridized carbons (Fsp3) is 0.143. The van der Waals surface area contributed by atoms with Gasteiger partial charge >= 0.3 is 0 Å². The number of fused-ring (bicyclic) bond motifs is 1. The molecule has 2 heterocycles. The van der Waals surface area contributed by atoms with Crippen LogP contribution in [0.2, 0.25) is 0 Å². The van der Waals surface area contributed by atoms with Crippen LogP contribution in [0.15, 0.2) is 36.5 Å². The van der Waals surface area contributed by atoms with Gasteiger partial charge in [-0.25, -0.2) is 4.98 Å². The number of alkyl halides is 1. The zero-order chi connectivity index (χ0) is 13.9.